The van der Waals surface area contributed by atoms with E-state index in [1.165, 1.54) is 15.9 Å². The molecule has 0 aliphatic rings. The van der Waals surface area contributed by atoms with Gasteiger partial charge in [-0.15, -0.1) is 0 Å². The SMILES string of the molecule is Cc1sc(=O)n(CC=O)c1C. The molecule has 0 saturated carbocycles. The normalized spacial score (nSPS) is 10.0. The second-order valence-electron chi connectivity index (χ2n) is 2.29. The first-order valence-electron chi connectivity index (χ1n) is 3.27. The molecule has 0 unspecified atom stereocenters. The van der Waals surface area contributed by atoms with E-state index in [0.717, 1.165) is 16.9 Å². The molecule has 11 heavy (non-hydrogen) atoms. The Kier molecular flexibility index (Phi) is 2.24. The number of carbonyl (C=O) groups is 1. The van der Waals surface area contributed by atoms with Gasteiger partial charge in [0.25, 0.3) is 0 Å². The van der Waals surface area contributed by atoms with Gasteiger partial charge in [-0.25, -0.2) is 0 Å². The van der Waals surface area contributed by atoms with Gasteiger partial charge in [-0.3, -0.25) is 9.36 Å². The van der Waals surface area contributed by atoms with Crippen LogP contribution in [0.15, 0.2) is 4.79 Å². The average molecular weight is 171 g/mol. The number of rotatable bonds is 2. The van der Waals surface area contributed by atoms with Crippen LogP contribution < -0.4 is 4.87 Å². The Hall–Kier alpha value is -0.900. The first-order chi connectivity index (χ1) is 5.16. The van der Waals surface area contributed by atoms with Gasteiger partial charge in [0.1, 0.15) is 6.29 Å². The van der Waals surface area contributed by atoms with E-state index < -0.39 is 0 Å². The average Bonchev–Trinajstić information content (AvgIpc) is 2.17. The molecule has 1 rings (SSSR count). The fourth-order valence-corrected chi connectivity index (χ4v) is 1.71. The van der Waals surface area contributed by atoms with Crippen molar-refractivity contribution in [1.82, 2.24) is 4.57 Å². The predicted molar refractivity (Wildman–Crippen MR) is 44.1 cm³/mol. The first kappa shape index (κ1) is 8.20. The molecule has 1 aromatic rings. The Morgan fingerprint density at radius 3 is 2.55 bits per heavy atom. The zero-order valence-electron chi connectivity index (χ0n) is 6.46. The summed E-state index contributed by atoms with van der Waals surface area (Å²) in [6, 6.07) is 0. The zero-order valence-corrected chi connectivity index (χ0v) is 7.27. The van der Waals surface area contributed by atoms with Crippen LogP contribution in [0.25, 0.3) is 0 Å². The van der Waals surface area contributed by atoms with Crippen LogP contribution in [-0.2, 0) is 11.3 Å². The minimum absolute atomic E-state index is 0.0490. The maximum atomic E-state index is 11.1. The van der Waals surface area contributed by atoms with Crippen LogP contribution in [0.2, 0.25) is 0 Å². The molecule has 0 aliphatic heterocycles. The Balaban J connectivity index is 3.22. The summed E-state index contributed by atoms with van der Waals surface area (Å²) in [7, 11) is 0. The molecule has 0 atom stereocenters. The highest BCUT2D eigenvalue weighted by molar-refractivity contribution is 7.09. The van der Waals surface area contributed by atoms with Crippen molar-refractivity contribution in [3.63, 3.8) is 0 Å². The summed E-state index contributed by atoms with van der Waals surface area (Å²) in [4.78, 5) is 22.1. The first-order valence-corrected chi connectivity index (χ1v) is 4.09. The standard InChI is InChI=1S/C7H9NO2S/c1-5-6(2)11-7(10)8(5)3-4-9/h4H,3H2,1-2H3. The predicted octanol–water partition coefficient (Wildman–Crippen LogP) is 0.726. The molecule has 1 heterocycles. The number of hydrogen-bond acceptors (Lipinski definition) is 3. The zero-order chi connectivity index (χ0) is 8.43. The van der Waals surface area contributed by atoms with E-state index in [1.807, 2.05) is 13.8 Å². The van der Waals surface area contributed by atoms with E-state index in [9.17, 15) is 9.59 Å². The van der Waals surface area contributed by atoms with Crippen molar-refractivity contribution in [3.05, 3.63) is 20.2 Å². The lowest BCUT2D eigenvalue weighted by molar-refractivity contribution is -0.108. The van der Waals surface area contributed by atoms with E-state index >= 15 is 0 Å². The molecule has 1 aromatic heterocycles. The van der Waals surface area contributed by atoms with Crippen molar-refractivity contribution in [2.45, 2.75) is 20.4 Å². The summed E-state index contributed by atoms with van der Waals surface area (Å²) < 4.78 is 1.48. The number of thiazole rings is 1. The molecule has 0 aliphatic carbocycles. The highest BCUT2D eigenvalue weighted by Gasteiger charge is 2.05. The third kappa shape index (κ3) is 1.40. The fraction of sp³-hybridized carbons (Fsp3) is 0.429. The van der Waals surface area contributed by atoms with E-state index in [4.69, 9.17) is 0 Å². The van der Waals surface area contributed by atoms with Crippen LogP contribution in [0, 0.1) is 13.8 Å². The second-order valence-corrected chi connectivity index (χ2v) is 3.45. The highest BCUT2D eigenvalue weighted by atomic mass is 32.1. The van der Waals surface area contributed by atoms with Gasteiger partial charge >= 0.3 is 4.87 Å². The van der Waals surface area contributed by atoms with Crippen LogP contribution in [0.3, 0.4) is 0 Å². The smallest absolute Gasteiger partial charge is 0.301 e. The summed E-state index contributed by atoms with van der Waals surface area (Å²) in [6.07, 6.45) is 0.737. The van der Waals surface area contributed by atoms with Crippen LogP contribution in [0.1, 0.15) is 10.6 Å². The number of nitrogens with zero attached hydrogens (tertiary/aromatic N) is 1. The maximum Gasteiger partial charge on any atom is 0.307 e. The molecule has 0 bridgehead atoms. The third-order valence-electron chi connectivity index (χ3n) is 1.63. The molecule has 0 spiro atoms. The van der Waals surface area contributed by atoms with Crippen molar-refractivity contribution in [2.24, 2.45) is 0 Å². The third-order valence-corrected chi connectivity index (χ3v) is 2.63. The topological polar surface area (TPSA) is 39.1 Å². The molecular formula is C7H9NO2S. The van der Waals surface area contributed by atoms with Crippen molar-refractivity contribution in [1.29, 1.82) is 0 Å². The summed E-state index contributed by atoms with van der Waals surface area (Å²) in [5.41, 5.74) is 0.895. The summed E-state index contributed by atoms with van der Waals surface area (Å²) in [5, 5.41) is 0. The van der Waals surface area contributed by atoms with Crippen LogP contribution >= 0.6 is 11.3 Å². The van der Waals surface area contributed by atoms with Crippen molar-refractivity contribution in [2.75, 3.05) is 0 Å². The van der Waals surface area contributed by atoms with Crippen LogP contribution in [0.5, 0.6) is 0 Å². The lowest BCUT2D eigenvalue weighted by Crippen LogP contribution is -2.15. The number of hydrogen-bond donors (Lipinski definition) is 0. The quantitative estimate of drug-likeness (QED) is 0.615. The summed E-state index contributed by atoms with van der Waals surface area (Å²) >= 11 is 1.18. The number of aldehydes is 1. The minimum atomic E-state index is -0.0490. The highest BCUT2D eigenvalue weighted by Crippen LogP contribution is 2.07. The number of carbonyl (C=O) groups excluding carboxylic acids is 1. The Bertz CT molecular complexity index is 324. The Morgan fingerprint density at radius 1 is 1.55 bits per heavy atom. The summed E-state index contributed by atoms with van der Waals surface area (Å²) in [6.45, 7) is 3.90. The Labute approximate surface area is 68.3 Å². The molecule has 0 N–H and O–H groups in total. The number of aryl methyl sites for hydroxylation is 1. The van der Waals surface area contributed by atoms with Gasteiger partial charge < -0.3 is 4.79 Å². The molecular weight excluding hydrogens is 162 g/mol. The van der Waals surface area contributed by atoms with E-state index in [2.05, 4.69) is 0 Å². The van der Waals surface area contributed by atoms with Crippen molar-refractivity contribution >= 4 is 17.6 Å². The summed E-state index contributed by atoms with van der Waals surface area (Å²) in [5.74, 6) is 0. The van der Waals surface area contributed by atoms with E-state index in [-0.39, 0.29) is 11.4 Å². The second kappa shape index (κ2) is 3.00. The molecule has 0 fully saturated rings. The lowest BCUT2D eigenvalue weighted by atomic mass is 10.4. The molecule has 4 heteroatoms. The van der Waals surface area contributed by atoms with Gasteiger partial charge in [-0.2, -0.15) is 0 Å². The fourth-order valence-electron chi connectivity index (χ4n) is 0.873. The van der Waals surface area contributed by atoms with Gasteiger partial charge in [-0.1, -0.05) is 11.3 Å². The molecule has 0 aromatic carbocycles. The molecule has 60 valence electrons. The maximum absolute atomic E-state index is 11.1. The molecule has 0 saturated heterocycles. The van der Waals surface area contributed by atoms with E-state index in [0.29, 0.717) is 0 Å². The lowest BCUT2D eigenvalue weighted by Gasteiger charge is -1.96. The molecule has 3 nitrogen and oxygen atoms in total. The largest absolute Gasteiger partial charge is 0.307 e. The van der Waals surface area contributed by atoms with Gasteiger partial charge in [0.15, 0.2) is 0 Å². The van der Waals surface area contributed by atoms with Crippen molar-refractivity contribution in [3.8, 4) is 0 Å². The Morgan fingerprint density at radius 2 is 2.18 bits per heavy atom. The molecule has 0 radical (unpaired) electrons. The van der Waals surface area contributed by atoms with Gasteiger partial charge in [0.2, 0.25) is 0 Å². The molecule has 0 amide bonds. The number of aromatic nitrogens is 1. The van der Waals surface area contributed by atoms with Gasteiger partial charge in [0.05, 0.1) is 6.54 Å². The van der Waals surface area contributed by atoms with Gasteiger partial charge in [-0.05, 0) is 13.8 Å². The monoisotopic (exact) mass is 171 g/mol. The van der Waals surface area contributed by atoms with Crippen molar-refractivity contribution < 1.29 is 4.79 Å². The van der Waals surface area contributed by atoms with E-state index in [1.54, 1.807) is 0 Å². The van der Waals surface area contributed by atoms with Gasteiger partial charge in [0, 0.05) is 10.6 Å². The van der Waals surface area contributed by atoms with Crippen LogP contribution in [-0.4, -0.2) is 10.9 Å². The minimum Gasteiger partial charge on any atom is -0.301 e. The van der Waals surface area contributed by atoms with Crippen LogP contribution in [0.4, 0.5) is 0 Å².